The first-order chi connectivity index (χ1) is 11.7. The van der Waals surface area contributed by atoms with E-state index in [1.54, 1.807) is 6.92 Å². The molecule has 1 aromatic carbocycles. The van der Waals surface area contributed by atoms with Crippen LogP contribution in [0.1, 0.15) is 51.6 Å². The van der Waals surface area contributed by atoms with Crippen LogP contribution in [-0.4, -0.2) is 21.6 Å². The van der Waals surface area contributed by atoms with Gasteiger partial charge in [-0.1, -0.05) is 25.2 Å². The average Bonchev–Trinajstić information content (AvgIpc) is 2.87. The van der Waals surface area contributed by atoms with Crippen molar-refractivity contribution in [2.45, 2.75) is 33.6 Å². The van der Waals surface area contributed by atoms with Crippen LogP contribution in [0.15, 0.2) is 18.2 Å². The van der Waals surface area contributed by atoms with E-state index in [-0.39, 0.29) is 16.9 Å². The van der Waals surface area contributed by atoms with E-state index < -0.39 is 10.8 Å². The third-order valence-electron chi connectivity index (χ3n) is 4.11. The molecule has 0 bridgehead atoms. The Kier molecular flexibility index (Phi) is 4.16. The Bertz CT molecular complexity index is 901. The van der Waals surface area contributed by atoms with Crippen LogP contribution in [0.4, 0.5) is 10.8 Å². The highest BCUT2D eigenvalue weighted by Crippen LogP contribution is 2.38. The molecule has 0 saturated carbocycles. The van der Waals surface area contributed by atoms with Crippen molar-refractivity contribution in [2.24, 2.45) is 5.41 Å². The van der Waals surface area contributed by atoms with Crippen molar-refractivity contribution in [1.82, 2.24) is 4.98 Å². The number of Topliss-reactive ketones (excluding diaryl/α,β-unsaturated/α-hetero) is 1. The molecule has 0 unspecified atom stereocenters. The molecule has 3 rings (SSSR count). The highest BCUT2D eigenvalue weighted by molar-refractivity contribution is 7.17. The summed E-state index contributed by atoms with van der Waals surface area (Å²) < 4.78 is 0. The van der Waals surface area contributed by atoms with E-state index in [4.69, 9.17) is 0 Å². The van der Waals surface area contributed by atoms with Gasteiger partial charge in [0.2, 0.25) is 0 Å². The van der Waals surface area contributed by atoms with Crippen molar-refractivity contribution in [3.63, 3.8) is 0 Å². The van der Waals surface area contributed by atoms with Crippen LogP contribution < -0.4 is 5.32 Å². The van der Waals surface area contributed by atoms with Crippen LogP contribution in [0.25, 0.3) is 0 Å². The van der Waals surface area contributed by atoms with Gasteiger partial charge in [0.25, 0.3) is 11.6 Å². The van der Waals surface area contributed by atoms with Crippen molar-refractivity contribution in [1.29, 1.82) is 0 Å². The average molecular weight is 359 g/mol. The van der Waals surface area contributed by atoms with E-state index in [0.717, 1.165) is 5.69 Å². The number of hydrogen-bond acceptors (Lipinski definition) is 6. The third-order valence-corrected chi connectivity index (χ3v) is 5.17. The number of amides is 1. The van der Waals surface area contributed by atoms with E-state index in [1.165, 1.54) is 29.5 Å². The van der Waals surface area contributed by atoms with Crippen LogP contribution >= 0.6 is 11.3 Å². The first-order valence-corrected chi connectivity index (χ1v) is 8.57. The molecule has 0 spiro atoms. The lowest BCUT2D eigenvalue weighted by atomic mass is 9.78. The molecule has 1 heterocycles. The zero-order valence-electron chi connectivity index (χ0n) is 14.1. The summed E-state index contributed by atoms with van der Waals surface area (Å²) in [6.07, 6.45) is 1.16. The number of nitrogens with one attached hydrogen (secondary N) is 1. The largest absolute Gasteiger partial charge is 0.298 e. The van der Waals surface area contributed by atoms with E-state index in [1.807, 2.05) is 13.8 Å². The van der Waals surface area contributed by atoms with Crippen LogP contribution in [-0.2, 0) is 6.42 Å². The summed E-state index contributed by atoms with van der Waals surface area (Å²) in [7, 11) is 0. The number of fused-ring (bicyclic) bond motifs is 1. The lowest BCUT2D eigenvalue weighted by Gasteiger charge is -2.26. The molecule has 0 atom stereocenters. The topological polar surface area (TPSA) is 102 Å². The lowest BCUT2D eigenvalue weighted by Crippen LogP contribution is -2.26. The van der Waals surface area contributed by atoms with Crippen molar-refractivity contribution < 1.29 is 14.5 Å². The molecule has 130 valence electrons. The van der Waals surface area contributed by atoms with Crippen LogP contribution in [0.3, 0.4) is 0 Å². The zero-order chi connectivity index (χ0) is 18.4. The minimum Gasteiger partial charge on any atom is -0.298 e. The Hall–Kier alpha value is -2.61. The molecule has 0 aliphatic heterocycles. The summed E-state index contributed by atoms with van der Waals surface area (Å²) >= 11 is 1.18. The van der Waals surface area contributed by atoms with E-state index in [9.17, 15) is 19.7 Å². The molecule has 1 aliphatic rings. The molecule has 7 nitrogen and oxygen atoms in total. The van der Waals surface area contributed by atoms with Gasteiger partial charge in [0, 0.05) is 23.6 Å². The number of nitro groups is 1. The smallest absolute Gasteiger partial charge is 0.272 e. The quantitative estimate of drug-likeness (QED) is 0.664. The second kappa shape index (κ2) is 6.03. The first-order valence-electron chi connectivity index (χ1n) is 7.75. The monoisotopic (exact) mass is 359 g/mol. The fraction of sp³-hybridized carbons (Fsp3) is 0.353. The van der Waals surface area contributed by atoms with Gasteiger partial charge in [-0.05, 0) is 30.9 Å². The zero-order valence-corrected chi connectivity index (χ0v) is 14.9. The molecular formula is C17H17N3O4S. The van der Waals surface area contributed by atoms with E-state index >= 15 is 0 Å². The fourth-order valence-electron chi connectivity index (χ4n) is 2.94. The second-order valence-electron chi connectivity index (χ2n) is 6.95. The summed E-state index contributed by atoms with van der Waals surface area (Å²) in [5, 5.41) is 13.9. The van der Waals surface area contributed by atoms with Gasteiger partial charge in [-0.3, -0.25) is 25.0 Å². The number of ketones is 1. The number of aromatic nitrogens is 1. The normalized spacial score (nSPS) is 15.6. The number of carbonyl (C=O) groups is 2. The minimum absolute atomic E-state index is 0.0332. The molecule has 25 heavy (non-hydrogen) atoms. The third kappa shape index (κ3) is 3.43. The molecule has 8 heteroatoms. The predicted molar refractivity (Wildman–Crippen MR) is 94.3 cm³/mol. The highest BCUT2D eigenvalue weighted by atomic mass is 32.1. The Morgan fingerprint density at radius 1 is 1.36 bits per heavy atom. The lowest BCUT2D eigenvalue weighted by molar-refractivity contribution is -0.385. The van der Waals surface area contributed by atoms with Gasteiger partial charge in [-0.25, -0.2) is 4.98 Å². The number of rotatable bonds is 3. The number of nitrogens with zero attached hydrogens (tertiary/aromatic N) is 2. The summed E-state index contributed by atoms with van der Waals surface area (Å²) in [4.78, 5) is 39.9. The first kappa shape index (κ1) is 17.2. The Labute approximate surface area is 148 Å². The van der Waals surface area contributed by atoms with Gasteiger partial charge in [-0.15, -0.1) is 0 Å². The molecule has 0 fully saturated rings. The predicted octanol–water partition coefficient (Wildman–Crippen LogP) is 3.77. The van der Waals surface area contributed by atoms with Crippen molar-refractivity contribution >= 4 is 33.8 Å². The van der Waals surface area contributed by atoms with Crippen LogP contribution in [0.5, 0.6) is 0 Å². The highest BCUT2D eigenvalue weighted by Gasteiger charge is 2.34. The number of benzene rings is 1. The maximum Gasteiger partial charge on any atom is 0.272 e. The Morgan fingerprint density at radius 2 is 2.08 bits per heavy atom. The van der Waals surface area contributed by atoms with Gasteiger partial charge >= 0.3 is 0 Å². The van der Waals surface area contributed by atoms with Gasteiger partial charge < -0.3 is 0 Å². The standard InChI is InChI=1S/C17H17N3O4S/c1-9-6-10(4-5-12(9)20(23)24)15(22)19-16-18-11-7-17(2,3)8-13(21)14(11)25-16/h4-6H,7-8H2,1-3H3,(H,18,19,22). The number of hydrogen-bond donors (Lipinski definition) is 1. The summed E-state index contributed by atoms with van der Waals surface area (Å²) in [6.45, 7) is 5.62. The number of thiazole rings is 1. The number of aryl methyl sites for hydroxylation is 1. The summed E-state index contributed by atoms with van der Waals surface area (Å²) in [5.41, 5.74) is 1.28. The minimum atomic E-state index is -0.487. The van der Waals surface area contributed by atoms with E-state index in [0.29, 0.717) is 34.0 Å². The van der Waals surface area contributed by atoms with Gasteiger partial charge in [-0.2, -0.15) is 0 Å². The number of carbonyl (C=O) groups excluding carboxylic acids is 2. The molecule has 1 amide bonds. The van der Waals surface area contributed by atoms with Crippen molar-refractivity contribution in [2.75, 3.05) is 5.32 Å². The van der Waals surface area contributed by atoms with Crippen molar-refractivity contribution in [3.8, 4) is 0 Å². The van der Waals surface area contributed by atoms with Crippen LogP contribution in [0, 0.1) is 22.5 Å². The maximum atomic E-state index is 12.4. The van der Waals surface area contributed by atoms with Crippen molar-refractivity contribution in [3.05, 3.63) is 50.0 Å². The molecule has 1 aromatic heterocycles. The Morgan fingerprint density at radius 3 is 2.72 bits per heavy atom. The molecule has 2 aromatic rings. The number of nitro benzene ring substituents is 1. The fourth-order valence-corrected chi connectivity index (χ4v) is 3.86. The molecule has 1 N–H and O–H groups in total. The second-order valence-corrected chi connectivity index (χ2v) is 7.95. The number of anilines is 1. The summed E-state index contributed by atoms with van der Waals surface area (Å²) in [6, 6.07) is 4.18. The van der Waals surface area contributed by atoms with Crippen LogP contribution in [0.2, 0.25) is 0 Å². The maximum absolute atomic E-state index is 12.4. The van der Waals surface area contributed by atoms with E-state index in [2.05, 4.69) is 10.3 Å². The molecule has 1 aliphatic carbocycles. The van der Waals surface area contributed by atoms with Gasteiger partial charge in [0.1, 0.15) is 0 Å². The Balaban J connectivity index is 1.82. The SMILES string of the molecule is Cc1cc(C(=O)Nc2nc3c(s2)C(=O)CC(C)(C)C3)ccc1[N+](=O)[O-]. The van der Waals surface area contributed by atoms with Gasteiger partial charge in [0.05, 0.1) is 15.5 Å². The van der Waals surface area contributed by atoms with Gasteiger partial charge in [0.15, 0.2) is 10.9 Å². The molecule has 0 radical (unpaired) electrons. The molecular weight excluding hydrogens is 342 g/mol. The summed E-state index contributed by atoms with van der Waals surface area (Å²) in [5.74, 6) is -0.355. The molecule has 0 saturated heterocycles.